The van der Waals surface area contributed by atoms with E-state index in [0.717, 1.165) is 27.8 Å². The lowest BCUT2D eigenvalue weighted by atomic mass is 10.0. The largest absolute Gasteiger partial charge is 0.492 e. The minimum atomic E-state index is -0.705. The van der Waals surface area contributed by atoms with E-state index in [1.807, 2.05) is 73.1 Å². The van der Waals surface area contributed by atoms with Crippen LogP contribution in [0.2, 0.25) is 0 Å². The quantitative estimate of drug-likeness (QED) is 0.338. The highest BCUT2D eigenvalue weighted by molar-refractivity contribution is 7.12. The van der Waals surface area contributed by atoms with E-state index in [1.165, 1.54) is 11.3 Å². The number of carbonyl (C=O) groups excluding carboxylic acids is 2. The van der Waals surface area contributed by atoms with E-state index in [2.05, 4.69) is 15.6 Å². The molecule has 0 aliphatic rings. The Morgan fingerprint density at radius 1 is 1.06 bits per heavy atom. The number of aryl methyl sites for hydroxylation is 1. The van der Waals surface area contributed by atoms with E-state index >= 15 is 0 Å². The van der Waals surface area contributed by atoms with Crippen molar-refractivity contribution in [2.24, 2.45) is 0 Å². The zero-order chi connectivity index (χ0) is 22.3. The molecule has 2 heterocycles. The molecule has 2 aromatic carbocycles. The monoisotopic (exact) mass is 447 g/mol. The summed E-state index contributed by atoms with van der Waals surface area (Å²) in [5, 5.41) is 8.66. The number of thiophene rings is 1. The molecule has 4 rings (SSSR count). The van der Waals surface area contributed by atoms with Crippen LogP contribution in [-0.4, -0.2) is 36.0 Å². The summed E-state index contributed by atoms with van der Waals surface area (Å²) in [5.41, 5.74) is 3.13. The standard InChI is InChI=1S/C25H25N3O3S/c1-17-8-10-19(11-9-17)31-13-12-26-24(29)22(28-25(30)23-7-4-14-32-23)15-18-16-27-21-6-3-2-5-20(18)21/h2-11,14,16,22,27H,12-13,15H2,1H3,(H,26,29)(H,28,30). The third-order valence-electron chi connectivity index (χ3n) is 5.16. The third kappa shape index (κ3) is 5.36. The minimum Gasteiger partial charge on any atom is -0.492 e. The maximum atomic E-state index is 13.0. The van der Waals surface area contributed by atoms with Crippen molar-refractivity contribution in [1.29, 1.82) is 0 Å². The van der Waals surface area contributed by atoms with Gasteiger partial charge in [-0.25, -0.2) is 0 Å². The summed E-state index contributed by atoms with van der Waals surface area (Å²) in [6.45, 7) is 2.70. The minimum absolute atomic E-state index is 0.243. The van der Waals surface area contributed by atoms with Crippen molar-refractivity contribution in [3.8, 4) is 5.75 Å². The van der Waals surface area contributed by atoms with Crippen LogP contribution >= 0.6 is 11.3 Å². The molecule has 1 atom stereocenters. The Hall–Kier alpha value is -3.58. The highest BCUT2D eigenvalue weighted by Gasteiger charge is 2.23. The molecule has 3 N–H and O–H groups in total. The number of hydrogen-bond acceptors (Lipinski definition) is 4. The normalized spacial score (nSPS) is 11.8. The van der Waals surface area contributed by atoms with Gasteiger partial charge in [0.25, 0.3) is 5.91 Å². The summed E-state index contributed by atoms with van der Waals surface area (Å²) in [7, 11) is 0. The number of nitrogens with one attached hydrogen (secondary N) is 3. The Bertz CT molecular complexity index is 1180. The van der Waals surface area contributed by atoms with Crippen molar-refractivity contribution in [1.82, 2.24) is 15.6 Å². The Morgan fingerprint density at radius 2 is 1.88 bits per heavy atom. The SMILES string of the molecule is Cc1ccc(OCCNC(=O)C(Cc2c[nH]c3ccccc23)NC(=O)c2cccs2)cc1. The molecule has 32 heavy (non-hydrogen) atoms. The first-order valence-corrected chi connectivity index (χ1v) is 11.3. The summed E-state index contributed by atoms with van der Waals surface area (Å²) < 4.78 is 5.69. The average molecular weight is 448 g/mol. The number of H-pyrrole nitrogens is 1. The van der Waals surface area contributed by atoms with Gasteiger partial charge in [0.2, 0.25) is 5.91 Å². The highest BCUT2D eigenvalue weighted by atomic mass is 32.1. The molecular formula is C25H25N3O3S. The second kappa shape index (κ2) is 10.2. The second-order valence-electron chi connectivity index (χ2n) is 7.52. The van der Waals surface area contributed by atoms with Crippen molar-refractivity contribution < 1.29 is 14.3 Å². The molecule has 2 amide bonds. The van der Waals surface area contributed by atoms with Crippen LogP contribution in [0, 0.1) is 6.92 Å². The van der Waals surface area contributed by atoms with Crippen molar-refractivity contribution in [2.45, 2.75) is 19.4 Å². The molecule has 1 unspecified atom stereocenters. The number of benzene rings is 2. The number of fused-ring (bicyclic) bond motifs is 1. The molecule has 0 saturated carbocycles. The lowest BCUT2D eigenvalue weighted by molar-refractivity contribution is -0.123. The van der Waals surface area contributed by atoms with Crippen LogP contribution in [-0.2, 0) is 11.2 Å². The number of ether oxygens (including phenoxy) is 1. The number of hydrogen-bond donors (Lipinski definition) is 3. The van der Waals surface area contributed by atoms with Crippen LogP contribution < -0.4 is 15.4 Å². The van der Waals surface area contributed by atoms with Gasteiger partial charge in [0, 0.05) is 23.5 Å². The zero-order valence-electron chi connectivity index (χ0n) is 17.8. The molecule has 0 aliphatic carbocycles. The fraction of sp³-hybridized carbons (Fsp3) is 0.200. The highest BCUT2D eigenvalue weighted by Crippen LogP contribution is 2.19. The van der Waals surface area contributed by atoms with Gasteiger partial charge in [0.15, 0.2) is 0 Å². The number of aromatic nitrogens is 1. The summed E-state index contributed by atoms with van der Waals surface area (Å²) in [5.74, 6) is 0.259. The van der Waals surface area contributed by atoms with Gasteiger partial charge >= 0.3 is 0 Å². The van der Waals surface area contributed by atoms with E-state index in [4.69, 9.17) is 4.74 Å². The molecule has 6 nitrogen and oxygen atoms in total. The predicted octanol–water partition coefficient (Wildman–Crippen LogP) is 4.07. The van der Waals surface area contributed by atoms with E-state index in [0.29, 0.717) is 24.4 Å². The average Bonchev–Trinajstić information content (AvgIpc) is 3.48. The molecule has 0 spiro atoms. The predicted molar refractivity (Wildman–Crippen MR) is 127 cm³/mol. The number of rotatable bonds is 9. The first-order valence-electron chi connectivity index (χ1n) is 10.5. The molecule has 0 aliphatic heterocycles. The Balaban J connectivity index is 1.41. The van der Waals surface area contributed by atoms with Crippen molar-refractivity contribution in [3.05, 3.63) is 88.2 Å². The van der Waals surface area contributed by atoms with Crippen LogP contribution in [0.5, 0.6) is 5.75 Å². The Labute approximate surface area is 190 Å². The molecule has 2 aromatic heterocycles. The van der Waals surface area contributed by atoms with Crippen molar-refractivity contribution in [3.63, 3.8) is 0 Å². The molecule has 164 valence electrons. The van der Waals surface area contributed by atoms with Gasteiger partial charge in [-0.2, -0.15) is 0 Å². The van der Waals surface area contributed by atoms with Crippen LogP contribution in [0.25, 0.3) is 10.9 Å². The molecule has 4 aromatic rings. The lowest BCUT2D eigenvalue weighted by Gasteiger charge is -2.18. The number of carbonyl (C=O) groups is 2. The fourth-order valence-electron chi connectivity index (χ4n) is 3.47. The molecule has 0 bridgehead atoms. The van der Waals surface area contributed by atoms with E-state index < -0.39 is 6.04 Å². The van der Waals surface area contributed by atoms with Gasteiger partial charge in [-0.15, -0.1) is 11.3 Å². The maximum Gasteiger partial charge on any atom is 0.262 e. The number of para-hydroxylation sites is 1. The van der Waals surface area contributed by atoms with Gasteiger partial charge < -0.3 is 20.4 Å². The summed E-state index contributed by atoms with van der Waals surface area (Å²) >= 11 is 1.35. The van der Waals surface area contributed by atoms with E-state index in [1.54, 1.807) is 6.07 Å². The molecule has 0 fully saturated rings. The number of aromatic amines is 1. The third-order valence-corrected chi connectivity index (χ3v) is 6.03. The maximum absolute atomic E-state index is 13.0. The van der Waals surface area contributed by atoms with Crippen LogP contribution in [0.15, 0.2) is 72.2 Å². The second-order valence-corrected chi connectivity index (χ2v) is 8.47. The molecular weight excluding hydrogens is 422 g/mol. The Morgan fingerprint density at radius 3 is 2.66 bits per heavy atom. The fourth-order valence-corrected chi connectivity index (χ4v) is 4.09. The van der Waals surface area contributed by atoms with Gasteiger partial charge in [-0.3, -0.25) is 9.59 Å². The smallest absolute Gasteiger partial charge is 0.262 e. The van der Waals surface area contributed by atoms with Crippen LogP contribution in [0.1, 0.15) is 20.8 Å². The van der Waals surface area contributed by atoms with Crippen LogP contribution in [0.3, 0.4) is 0 Å². The Kier molecular flexibility index (Phi) is 6.87. The molecule has 7 heteroatoms. The number of amides is 2. The molecule has 0 radical (unpaired) electrons. The van der Waals surface area contributed by atoms with Gasteiger partial charge in [-0.1, -0.05) is 42.0 Å². The van der Waals surface area contributed by atoms with Gasteiger partial charge in [-0.05, 0) is 42.1 Å². The first kappa shape index (κ1) is 21.6. The van der Waals surface area contributed by atoms with Crippen LogP contribution in [0.4, 0.5) is 0 Å². The van der Waals surface area contributed by atoms with Crippen molar-refractivity contribution in [2.75, 3.05) is 13.2 Å². The van der Waals surface area contributed by atoms with E-state index in [9.17, 15) is 9.59 Å². The summed E-state index contributed by atoms with van der Waals surface area (Å²) in [6, 6.07) is 18.5. The lowest BCUT2D eigenvalue weighted by Crippen LogP contribution is -2.48. The summed E-state index contributed by atoms with van der Waals surface area (Å²) in [4.78, 5) is 29.4. The molecule has 0 saturated heterocycles. The van der Waals surface area contributed by atoms with Gasteiger partial charge in [0.05, 0.1) is 11.4 Å². The van der Waals surface area contributed by atoms with Gasteiger partial charge in [0.1, 0.15) is 18.4 Å². The van der Waals surface area contributed by atoms with Crippen molar-refractivity contribution >= 4 is 34.1 Å². The summed E-state index contributed by atoms with van der Waals surface area (Å²) in [6.07, 6.45) is 2.27. The topological polar surface area (TPSA) is 83.2 Å². The van der Waals surface area contributed by atoms with E-state index in [-0.39, 0.29) is 11.8 Å². The zero-order valence-corrected chi connectivity index (χ0v) is 18.6. The first-order chi connectivity index (χ1) is 15.6.